The number of carboxylic acids is 1. The lowest BCUT2D eigenvalue weighted by atomic mass is 9.51. The topological polar surface area (TPSA) is 94.8 Å². The molecule has 0 amide bonds. The van der Waals surface area contributed by atoms with E-state index >= 15 is 0 Å². The zero-order valence-electron chi connectivity index (χ0n) is 17.0. The summed E-state index contributed by atoms with van der Waals surface area (Å²) in [5, 5.41) is 30.6. The Morgan fingerprint density at radius 3 is 2.48 bits per heavy atom. The molecule has 7 atom stereocenters. The van der Waals surface area contributed by atoms with Crippen molar-refractivity contribution < 1.29 is 24.9 Å². The highest BCUT2D eigenvalue weighted by atomic mass is 16.4. The van der Waals surface area contributed by atoms with Gasteiger partial charge < -0.3 is 15.3 Å². The number of carbonyl (C=O) groups excluding carboxylic acids is 1. The molecule has 0 radical (unpaired) electrons. The van der Waals surface area contributed by atoms with Gasteiger partial charge >= 0.3 is 5.97 Å². The summed E-state index contributed by atoms with van der Waals surface area (Å²) in [5.41, 5.74) is 1.93. The maximum absolute atomic E-state index is 12.2. The first-order chi connectivity index (χ1) is 12.5. The molecule has 5 heteroatoms. The minimum Gasteiger partial charge on any atom is -0.481 e. The number of aliphatic hydroxyl groups is 2. The molecule has 0 bridgehead atoms. The fraction of sp³-hybridized carbons (Fsp3) is 0.818. The highest BCUT2D eigenvalue weighted by molar-refractivity contribution is 5.79. The fourth-order valence-corrected chi connectivity index (χ4v) is 7.02. The van der Waals surface area contributed by atoms with E-state index in [1.54, 1.807) is 13.8 Å². The van der Waals surface area contributed by atoms with Crippen molar-refractivity contribution in [3.05, 3.63) is 11.1 Å². The number of carboxylic acid groups (broad SMARTS) is 1. The predicted molar refractivity (Wildman–Crippen MR) is 102 cm³/mol. The highest BCUT2D eigenvalue weighted by Crippen LogP contribution is 2.63. The summed E-state index contributed by atoms with van der Waals surface area (Å²) in [6.07, 6.45) is 3.23. The summed E-state index contributed by atoms with van der Waals surface area (Å²) < 4.78 is 0. The number of aliphatic carboxylic acids is 1. The van der Waals surface area contributed by atoms with Crippen molar-refractivity contribution in [2.45, 2.75) is 84.8 Å². The summed E-state index contributed by atoms with van der Waals surface area (Å²) in [7, 11) is 0. The van der Waals surface area contributed by atoms with Crippen molar-refractivity contribution >= 4 is 11.8 Å². The Bertz CT molecular complexity index is 666. The number of aliphatic hydroxyl groups excluding tert-OH is 2. The maximum Gasteiger partial charge on any atom is 0.303 e. The highest BCUT2D eigenvalue weighted by Gasteiger charge is 2.57. The fourth-order valence-electron chi connectivity index (χ4n) is 7.02. The minimum atomic E-state index is -0.846. The molecule has 0 aromatic rings. The number of Topliss-reactive ketones (excluding diaryl/α,β-unsaturated/α-hetero) is 1. The molecule has 0 heterocycles. The summed E-state index contributed by atoms with van der Waals surface area (Å²) in [6, 6.07) is 0. The van der Waals surface area contributed by atoms with Gasteiger partial charge in [-0.2, -0.15) is 0 Å². The van der Waals surface area contributed by atoms with Gasteiger partial charge in [-0.1, -0.05) is 25.0 Å². The first-order valence-corrected chi connectivity index (χ1v) is 10.3. The lowest BCUT2D eigenvalue weighted by Gasteiger charge is -2.54. The van der Waals surface area contributed by atoms with Gasteiger partial charge in [0.05, 0.1) is 12.2 Å². The van der Waals surface area contributed by atoms with Gasteiger partial charge in [0, 0.05) is 18.3 Å². The Hall–Kier alpha value is -1.20. The third-order valence-corrected chi connectivity index (χ3v) is 8.20. The van der Waals surface area contributed by atoms with E-state index in [2.05, 4.69) is 6.92 Å². The molecular weight excluding hydrogens is 344 g/mol. The van der Waals surface area contributed by atoms with Crippen molar-refractivity contribution in [1.29, 1.82) is 0 Å². The standard InChI is InChI=1S/C22H34O5/c1-12(23)15-5-6-16-14-11-18(25)20(13(2)24)22(4,10-8-19(26)27)17(14)7-9-21(15,16)3/h13,15-16,18,20,24-25H,5-11H2,1-4H3,(H,26,27)/t13-,15+,16-,18?,20+,21+,22+/m0/s1. The van der Waals surface area contributed by atoms with E-state index in [4.69, 9.17) is 0 Å². The molecule has 5 nitrogen and oxygen atoms in total. The molecule has 0 spiro atoms. The molecular formula is C22H34O5. The van der Waals surface area contributed by atoms with E-state index in [0.29, 0.717) is 12.8 Å². The Morgan fingerprint density at radius 1 is 1.26 bits per heavy atom. The van der Waals surface area contributed by atoms with Crippen LogP contribution in [0.4, 0.5) is 0 Å². The molecule has 3 N–H and O–H groups in total. The molecule has 1 saturated carbocycles. The SMILES string of the molecule is CC(=O)[C@H]1CC[C@H]2C3=C(CC[C@]12C)[C@@](C)(CCC(=O)O)[C@H]([C@H](C)O)C(O)C3. The summed E-state index contributed by atoms with van der Waals surface area (Å²) >= 11 is 0. The van der Waals surface area contributed by atoms with Crippen molar-refractivity contribution in [1.82, 2.24) is 0 Å². The van der Waals surface area contributed by atoms with Gasteiger partial charge in [-0.15, -0.1) is 0 Å². The van der Waals surface area contributed by atoms with Crippen LogP contribution in [-0.2, 0) is 9.59 Å². The lowest BCUT2D eigenvalue weighted by molar-refractivity contribution is -0.138. The zero-order chi connectivity index (χ0) is 20.1. The van der Waals surface area contributed by atoms with Crippen molar-refractivity contribution in [2.75, 3.05) is 0 Å². The Labute approximate surface area is 161 Å². The number of allylic oxidation sites excluding steroid dienone is 1. The molecule has 1 unspecified atom stereocenters. The van der Waals surface area contributed by atoms with Crippen LogP contribution in [0.1, 0.15) is 72.6 Å². The normalized spacial score (nSPS) is 42.4. The van der Waals surface area contributed by atoms with Gasteiger partial charge in [0.1, 0.15) is 5.78 Å². The second kappa shape index (κ2) is 7.00. The third-order valence-electron chi connectivity index (χ3n) is 8.20. The number of rotatable bonds is 5. The van der Waals surface area contributed by atoms with E-state index in [1.807, 2.05) is 6.92 Å². The van der Waals surface area contributed by atoms with Gasteiger partial charge in [-0.3, -0.25) is 9.59 Å². The monoisotopic (exact) mass is 378 g/mol. The molecule has 27 heavy (non-hydrogen) atoms. The van der Waals surface area contributed by atoms with Crippen molar-refractivity contribution in [2.24, 2.45) is 28.6 Å². The van der Waals surface area contributed by atoms with Crippen LogP contribution < -0.4 is 0 Å². The number of hydrogen-bond acceptors (Lipinski definition) is 4. The molecule has 1 fully saturated rings. The molecule has 3 rings (SSSR count). The van der Waals surface area contributed by atoms with Gasteiger partial charge in [-0.25, -0.2) is 0 Å². The van der Waals surface area contributed by atoms with E-state index in [-0.39, 0.29) is 35.4 Å². The van der Waals surface area contributed by atoms with Crippen LogP contribution in [0.5, 0.6) is 0 Å². The van der Waals surface area contributed by atoms with Crippen molar-refractivity contribution in [3.8, 4) is 0 Å². The maximum atomic E-state index is 12.2. The first-order valence-electron chi connectivity index (χ1n) is 10.3. The first kappa shape index (κ1) is 20.5. The van der Waals surface area contributed by atoms with E-state index < -0.39 is 23.6 Å². The number of ketones is 1. The van der Waals surface area contributed by atoms with E-state index in [9.17, 15) is 24.9 Å². The number of hydrogen-bond donors (Lipinski definition) is 3. The molecule has 0 saturated heterocycles. The molecule has 3 aliphatic rings. The van der Waals surface area contributed by atoms with E-state index in [0.717, 1.165) is 25.7 Å². The van der Waals surface area contributed by atoms with Crippen LogP contribution in [0.25, 0.3) is 0 Å². The second-order valence-corrected chi connectivity index (χ2v) is 9.65. The molecule has 152 valence electrons. The lowest BCUT2D eigenvalue weighted by Crippen LogP contribution is -2.51. The second-order valence-electron chi connectivity index (χ2n) is 9.65. The molecule has 3 aliphatic carbocycles. The van der Waals surface area contributed by atoms with Crippen LogP contribution in [0.2, 0.25) is 0 Å². The van der Waals surface area contributed by atoms with Crippen LogP contribution in [0.3, 0.4) is 0 Å². The van der Waals surface area contributed by atoms with Crippen LogP contribution >= 0.6 is 0 Å². The van der Waals surface area contributed by atoms with Gasteiger partial charge in [0.15, 0.2) is 0 Å². The number of carbonyl (C=O) groups is 2. The van der Waals surface area contributed by atoms with Gasteiger partial charge in [-0.05, 0) is 69.1 Å². The number of fused-ring (bicyclic) bond motifs is 2. The summed E-state index contributed by atoms with van der Waals surface area (Å²) in [6.45, 7) is 7.65. The summed E-state index contributed by atoms with van der Waals surface area (Å²) in [4.78, 5) is 23.5. The van der Waals surface area contributed by atoms with Crippen LogP contribution in [-0.4, -0.2) is 39.3 Å². The molecule has 0 aromatic carbocycles. The third kappa shape index (κ3) is 3.17. The Morgan fingerprint density at radius 2 is 1.93 bits per heavy atom. The predicted octanol–water partition coefficient (Wildman–Crippen LogP) is 3.33. The summed E-state index contributed by atoms with van der Waals surface area (Å²) in [5.74, 6) is -0.584. The van der Waals surface area contributed by atoms with Gasteiger partial charge in [0.25, 0.3) is 0 Å². The van der Waals surface area contributed by atoms with Crippen molar-refractivity contribution in [3.63, 3.8) is 0 Å². The quantitative estimate of drug-likeness (QED) is 0.638. The Balaban J connectivity index is 2.06. The smallest absolute Gasteiger partial charge is 0.303 e. The average molecular weight is 379 g/mol. The Kier molecular flexibility index (Phi) is 5.32. The van der Waals surface area contributed by atoms with Crippen LogP contribution in [0.15, 0.2) is 11.1 Å². The average Bonchev–Trinajstić information content (AvgIpc) is 2.90. The van der Waals surface area contributed by atoms with E-state index in [1.165, 1.54) is 11.1 Å². The van der Waals surface area contributed by atoms with Crippen LogP contribution in [0, 0.1) is 28.6 Å². The zero-order valence-corrected chi connectivity index (χ0v) is 17.0. The molecule has 0 aromatic heterocycles. The largest absolute Gasteiger partial charge is 0.481 e. The molecule has 0 aliphatic heterocycles. The minimum absolute atomic E-state index is 0.0290. The van der Waals surface area contributed by atoms with Gasteiger partial charge in [0.2, 0.25) is 0 Å².